The summed E-state index contributed by atoms with van der Waals surface area (Å²) in [6, 6.07) is 0. The van der Waals surface area contributed by atoms with Gasteiger partial charge in [-0.2, -0.15) is 0 Å². The van der Waals surface area contributed by atoms with Gasteiger partial charge < -0.3 is 0 Å². The normalized spacial score (nSPS) is 38.0. The third-order valence-electron chi connectivity index (χ3n) is 3.77. The minimum absolute atomic E-state index is 0.0462. The molecule has 2 aliphatic rings. The van der Waals surface area contributed by atoms with Gasteiger partial charge in [-0.1, -0.05) is 0 Å². The quantitative estimate of drug-likeness (QED) is 0.548. The molecule has 2 rings (SSSR count). The van der Waals surface area contributed by atoms with E-state index >= 15 is 0 Å². The topological polar surface area (TPSA) is 43.4 Å². The fourth-order valence-corrected chi connectivity index (χ4v) is 11.1. The molecular formula is C15H32N2O4Sn. The number of rotatable bonds is 0. The van der Waals surface area contributed by atoms with Gasteiger partial charge in [0.05, 0.1) is 0 Å². The van der Waals surface area contributed by atoms with E-state index in [2.05, 4.69) is 58.5 Å². The molecule has 130 valence electrons. The van der Waals surface area contributed by atoms with Crippen LogP contribution in [-0.4, -0.2) is 94.0 Å². The van der Waals surface area contributed by atoms with Gasteiger partial charge in [-0.15, -0.1) is 0 Å². The van der Waals surface area contributed by atoms with Gasteiger partial charge in [0.25, 0.3) is 0 Å². The first-order valence-corrected chi connectivity index (χ1v) is 12.8. The Balaban J connectivity index is 2.26. The van der Waals surface area contributed by atoms with Crippen LogP contribution in [0.2, 0.25) is 0 Å². The molecule has 1 spiro atoms. The third-order valence-corrected chi connectivity index (χ3v) is 11.9. The summed E-state index contributed by atoms with van der Waals surface area (Å²) in [6.45, 7) is 14.4. The number of likely N-dealkylation sites (N-methyl/N-ethyl adjacent to an activating group) is 2. The van der Waals surface area contributed by atoms with Crippen LogP contribution in [0.4, 0.5) is 0 Å². The summed E-state index contributed by atoms with van der Waals surface area (Å²) < 4.78 is 25.4. The van der Waals surface area contributed by atoms with Gasteiger partial charge in [-0.05, 0) is 0 Å². The van der Waals surface area contributed by atoms with E-state index < -0.39 is 20.0 Å². The van der Waals surface area contributed by atoms with Crippen molar-refractivity contribution in [3.8, 4) is 0 Å². The molecule has 0 aromatic carbocycles. The summed E-state index contributed by atoms with van der Waals surface area (Å²) in [7, 11) is 4.18. The summed E-state index contributed by atoms with van der Waals surface area (Å²) in [5.74, 6) is 0. The van der Waals surface area contributed by atoms with Crippen LogP contribution in [0.25, 0.3) is 0 Å². The maximum absolute atomic E-state index is 6.44. The molecule has 2 atom stereocenters. The van der Waals surface area contributed by atoms with Crippen molar-refractivity contribution in [1.82, 2.24) is 9.80 Å². The van der Waals surface area contributed by atoms with Crippen molar-refractivity contribution in [2.24, 2.45) is 0 Å². The standard InChI is InChI=1S/C8H17NO2.C7H15NO2.Sn/c1-7(10)5-9(4)6-8(2,3)11;1-7(2,10)6-8(3)4-5-9;/h7H,5-6H2,1-4H3;4-6H2,1-3H3;/q2*-2;+4. The molecule has 0 aliphatic carbocycles. The van der Waals surface area contributed by atoms with Crippen molar-refractivity contribution in [2.75, 3.05) is 46.9 Å². The Morgan fingerprint density at radius 2 is 1.50 bits per heavy atom. The fourth-order valence-electron chi connectivity index (χ4n) is 3.40. The van der Waals surface area contributed by atoms with E-state index in [0.717, 1.165) is 26.2 Å². The summed E-state index contributed by atoms with van der Waals surface area (Å²) in [5.41, 5.74) is -0.682. The molecule has 22 heavy (non-hydrogen) atoms. The van der Waals surface area contributed by atoms with E-state index in [0.29, 0.717) is 6.61 Å². The van der Waals surface area contributed by atoms with Crippen molar-refractivity contribution < 1.29 is 12.3 Å². The van der Waals surface area contributed by atoms with Crippen LogP contribution in [0.1, 0.15) is 34.6 Å². The molecule has 0 aromatic rings. The number of hydrogen-bond donors (Lipinski definition) is 0. The van der Waals surface area contributed by atoms with Crippen molar-refractivity contribution in [3.05, 3.63) is 0 Å². The van der Waals surface area contributed by atoms with Gasteiger partial charge in [-0.3, -0.25) is 0 Å². The average Bonchev–Trinajstić information content (AvgIpc) is 2.20. The third kappa shape index (κ3) is 5.29. The molecular weight excluding hydrogens is 391 g/mol. The molecule has 7 heteroatoms. The van der Waals surface area contributed by atoms with Gasteiger partial charge in [0.1, 0.15) is 0 Å². The van der Waals surface area contributed by atoms with Crippen molar-refractivity contribution in [3.63, 3.8) is 0 Å². The SMILES string of the molecule is CC1CN(C)CC(C)(C)[O][Sn]2([O]CCN(C)CC(C)(C)[O]2)[O]1. The zero-order valence-corrected chi connectivity index (χ0v) is 18.0. The summed E-state index contributed by atoms with van der Waals surface area (Å²) in [4.78, 5) is 4.47. The first kappa shape index (κ1) is 18.9. The van der Waals surface area contributed by atoms with E-state index in [4.69, 9.17) is 12.3 Å². The molecule has 0 amide bonds. The number of hydrogen-bond acceptors (Lipinski definition) is 6. The Morgan fingerprint density at radius 1 is 0.955 bits per heavy atom. The zero-order valence-electron chi connectivity index (χ0n) is 15.1. The van der Waals surface area contributed by atoms with Crippen molar-refractivity contribution >= 4 is 20.0 Å². The summed E-state index contributed by atoms with van der Waals surface area (Å²) in [6.07, 6.45) is 0.0462. The first-order valence-electron chi connectivity index (χ1n) is 8.10. The van der Waals surface area contributed by atoms with Gasteiger partial charge >= 0.3 is 141 Å². The van der Waals surface area contributed by atoms with Crippen LogP contribution >= 0.6 is 0 Å². The van der Waals surface area contributed by atoms with Crippen LogP contribution in [0.15, 0.2) is 0 Å². The van der Waals surface area contributed by atoms with E-state index in [9.17, 15) is 0 Å². The molecule has 2 fully saturated rings. The van der Waals surface area contributed by atoms with Crippen molar-refractivity contribution in [2.45, 2.75) is 51.9 Å². The monoisotopic (exact) mass is 424 g/mol. The molecule has 0 bridgehead atoms. The number of nitrogens with zero attached hydrogens (tertiary/aromatic N) is 2. The van der Waals surface area contributed by atoms with Gasteiger partial charge in [-0.25, -0.2) is 0 Å². The summed E-state index contributed by atoms with van der Waals surface area (Å²) in [5, 5.41) is 0. The second-order valence-corrected chi connectivity index (χ2v) is 13.5. The Morgan fingerprint density at radius 3 is 2.09 bits per heavy atom. The molecule has 2 saturated heterocycles. The Bertz CT molecular complexity index is 382. The second-order valence-electron chi connectivity index (χ2n) is 7.93. The predicted octanol–water partition coefficient (Wildman–Crippen LogP) is 1.32. The Hall–Kier alpha value is 0.559. The Kier molecular flexibility index (Phi) is 5.85. The van der Waals surface area contributed by atoms with Crippen LogP contribution < -0.4 is 0 Å². The molecule has 2 heterocycles. The van der Waals surface area contributed by atoms with E-state index in [1.54, 1.807) is 0 Å². The minimum atomic E-state index is -4.08. The zero-order chi connectivity index (χ0) is 16.6. The molecule has 0 radical (unpaired) electrons. The van der Waals surface area contributed by atoms with Gasteiger partial charge in [0, 0.05) is 0 Å². The Labute approximate surface area is 141 Å². The fraction of sp³-hybridized carbons (Fsp3) is 1.00. The predicted molar refractivity (Wildman–Crippen MR) is 87.6 cm³/mol. The molecule has 0 N–H and O–H groups in total. The van der Waals surface area contributed by atoms with Crippen LogP contribution in [0.5, 0.6) is 0 Å². The summed E-state index contributed by atoms with van der Waals surface area (Å²) >= 11 is -4.08. The van der Waals surface area contributed by atoms with Crippen molar-refractivity contribution in [1.29, 1.82) is 0 Å². The molecule has 0 aromatic heterocycles. The first-order chi connectivity index (χ1) is 10.0. The molecule has 0 saturated carbocycles. The van der Waals surface area contributed by atoms with Gasteiger partial charge in [0.15, 0.2) is 0 Å². The van der Waals surface area contributed by atoms with Gasteiger partial charge in [0.2, 0.25) is 0 Å². The molecule has 6 nitrogen and oxygen atoms in total. The second kappa shape index (κ2) is 6.82. The van der Waals surface area contributed by atoms with E-state index in [1.165, 1.54) is 0 Å². The molecule has 2 unspecified atom stereocenters. The van der Waals surface area contributed by atoms with Crippen LogP contribution in [-0.2, 0) is 12.3 Å². The average molecular weight is 423 g/mol. The van der Waals surface area contributed by atoms with E-state index in [1.807, 2.05) is 0 Å². The maximum atomic E-state index is 6.44. The van der Waals surface area contributed by atoms with Crippen LogP contribution in [0.3, 0.4) is 0 Å². The van der Waals surface area contributed by atoms with Crippen LogP contribution in [0, 0.1) is 0 Å². The molecule has 2 aliphatic heterocycles. The van der Waals surface area contributed by atoms with E-state index in [-0.39, 0.29) is 17.3 Å².